The highest BCUT2D eigenvalue weighted by molar-refractivity contribution is 5.45. The van der Waals surface area contributed by atoms with Gasteiger partial charge in [-0.05, 0) is 19.9 Å². The molecule has 3 nitrogen and oxygen atoms in total. The minimum absolute atomic E-state index is 0.553. The summed E-state index contributed by atoms with van der Waals surface area (Å²) in [5.74, 6) is 0. The molecule has 1 atom stereocenters. The van der Waals surface area contributed by atoms with E-state index in [1.165, 1.54) is 19.3 Å². The predicted octanol–water partition coefficient (Wildman–Crippen LogP) is 0.901. The second-order valence-corrected chi connectivity index (χ2v) is 2.99. The van der Waals surface area contributed by atoms with Gasteiger partial charge in [0, 0.05) is 12.6 Å². The van der Waals surface area contributed by atoms with Gasteiger partial charge in [0.15, 0.2) is 0 Å². The molecule has 0 heterocycles. The number of unbranched alkanes of at least 4 members (excludes halogenated alkanes) is 1. The van der Waals surface area contributed by atoms with Gasteiger partial charge in [-0.1, -0.05) is 19.8 Å². The lowest BCUT2D eigenvalue weighted by molar-refractivity contribution is -0.109. The molecule has 72 valence electrons. The zero-order valence-electron chi connectivity index (χ0n) is 8.10. The minimum atomic E-state index is 0.553. The topological polar surface area (TPSA) is 41.1 Å². The van der Waals surface area contributed by atoms with Crippen molar-refractivity contribution in [3.05, 3.63) is 0 Å². The quantitative estimate of drug-likeness (QED) is 0.422. The van der Waals surface area contributed by atoms with Crippen molar-refractivity contribution in [3.63, 3.8) is 0 Å². The molecule has 2 N–H and O–H groups in total. The number of rotatable bonds is 8. The number of amides is 1. The molecule has 0 aliphatic heterocycles. The van der Waals surface area contributed by atoms with Crippen LogP contribution in [0.15, 0.2) is 0 Å². The number of carbonyl (C=O) groups excluding carboxylic acids is 1. The maximum atomic E-state index is 9.96. The van der Waals surface area contributed by atoms with E-state index in [1.54, 1.807) is 0 Å². The summed E-state index contributed by atoms with van der Waals surface area (Å²) in [5.41, 5.74) is 0. The lowest BCUT2D eigenvalue weighted by atomic mass is 10.1. The summed E-state index contributed by atoms with van der Waals surface area (Å²) < 4.78 is 0. The molecule has 0 saturated carbocycles. The standard InChI is InChI=1S/C9H20N2O/c1-3-4-5-9(10-2)6-7-11-8-12/h8-10H,3-7H2,1-2H3,(H,11,12). The number of carbonyl (C=O) groups is 1. The van der Waals surface area contributed by atoms with Crippen LogP contribution in [0.2, 0.25) is 0 Å². The highest BCUT2D eigenvalue weighted by atomic mass is 16.1. The zero-order chi connectivity index (χ0) is 9.23. The molecule has 12 heavy (non-hydrogen) atoms. The van der Waals surface area contributed by atoms with Gasteiger partial charge in [-0.25, -0.2) is 0 Å². The summed E-state index contributed by atoms with van der Waals surface area (Å²) in [7, 11) is 1.97. The van der Waals surface area contributed by atoms with Crippen LogP contribution in [0.1, 0.15) is 32.6 Å². The summed E-state index contributed by atoms with van der Waals surface area (Å²) in [6.07, 6.45) is 5.47. The van der Waals surface area contributed by atoms with E-state index in [0.717, 1.165) is 19.4 Å². The molecule has 0 rings (SSSR count). The van der Waals surface area contributed by atoms with E-state index in [0.29, 0.717) is 6.04 Å². The second kappa shape index (κ2) is 8.53. The van der Waals surface area contributed by atoms with Crippen molar-refractivity contribution in [3.8, 4) is 0 Å². The van der Waals surface area contributed by atoms with Crippen LogP contribution in [0.4, 0.5) is 0 Å². The molecular formula is C9H20N2O. The van der Waals surface area contributed by atoms with Crippen molar-refractivity contribution in [1.82, 2.24) is 10.6 Å². The third-order valence-electron chi connectivity index (χ3n) is 2.03. The van der Waals surface area contributed by atoms with Crippen LogP contribution in [0.25, 0.3) is 0 Å². The molecule has 0 aliphatic carbocycles. The molecule has 0 saturated heterocycles. The predicted molar refractivity (Wildman–Crippen MR) is 51.1 cm³/mol. The normalized spacial score (nSPS) is 12.5. The maximum absolute atomic E-state index is 9.96. The first-order valence-electron chi connectivity index (χ1n) is 4.69. The SMILES string of the molecule is CCCCC(CCNC=O)NC. The first kappa shape index (κ1) is 11.4. The van der Waals surface area contributed by atoms with Crippen molar-refractivity contribution < 1.29 is 4.79 Å². The Kier molecular flexibility index (Phi) is 8.12. The minimum Gasteiger partial charge on any atom is -0.359 e. The van der Waals surface area contributed by atoms with Crippen LogP contribution >= 0.6 is 0 Å². The third kappa shape index (κ3) is 6.16. The average Bonchev–Trinajstić information content (AvgIpc) is 2.11. The van der Waals surface area contributed by atoms with Gasteiger partial charge in [0.05, 0.1) is 0 Å². The highest BCUT2D eigenvalue weighted by Gasteiger charge is 2.03. The van der Waals surface area contributed by atoms with Crippen LogP contribution in [0.3, 0.4) is 0 Å². The Hall–Kier alpha value is -0.570. The highest BCUT2D eigenvalue weighted by Crippen LogP contribution is 2.02. The summed E-state index contributed by atoms with van der Waals surface area (Å²) in [6, 6.07) is 0.553. The molecule has 1 amide bonds. The van der Waals surface area contributed by atoms with E-state index in [9.17, 15) is 4.79 Å². The first-order valence-corrected chi connectivity index (χ1v) is 4.69. The summed E-state index contributed by atoms with van der Waals surface area (Å²) >= 11 is 0. The molecule has 0 fully saturated rings. The zero-order valence-corrected chi connectivity index (χ0v) is 8.10. The summed E-state index contributed by atoms with van der Waals surface area (Å²) in [4.78, 5) is 9.96. The molecule has 0 aromatic rings. The smallest absolute Gasteiger partial charge is 0.207 e. The Balaban J connectivity index is 3.32. The molecule has 1 unspecified atom stereocenters. The van der Waals surface area contributed by atoms with Crippen LogP contribution < -0.4 is 10.6 Å². The molecule has 0 radical (unpaired) electrons. The van der Waals surface area contributed by atoms with Gasteiger partial charge in [-0.3, -0.25) is 4.79 Å². The van der Waals surface area contributed by atoms with Gasteiger partial charge < -0.3 is 10.6 Å². The Labute approximate surface area is 74.9 Å². The van der Waals surface area contributed by atoms with Crippen LogP contribution in [0.5, 0.6) is 0 Å². The molecule has 0 spiro atoms. The molecule has 0 aliphatic rings. The fourth-order valence-corrected chi connectivity index (χ4v) is 1.20. The molecule has 0 aromatic heterocycles. The largest absolute Gasteiger partial charge is 0.359 e. The van der Waals surface area contributed by atoms with Crippen molar-refractivity contribution in [1.29, 1.82) is 0 Å². The van der Waals surface area contributed by atoms with E-state index in [1.807, 2.05) is 7.05 Å². The van der Waals surface area contributed by atoms with E-state index in [4.69, 9.17) is 0 Å². The number of nitrogens with one attached hydrogen (secondary N) is 2. The van der Waals surface area contributed by atoms with Gasteiger partial charge in [-0.2, -0.15) is 0 Å². The molecule has 0 aromatic carbocycles. The Morgan fingerprint density at radius 2 is 2.17 bits per heavy atom. The van der Waals surface area contributed by atoms with Gasteiger partial charge in [-0.15, -0.1) is 0 Å². The first-order chi connectivity index (χ1) is 5.85. The lowest BCUT2D eigenvalue weighted by Crippen LogP contribution is -2.29. The van der Waals surface area contributed by atoms with Gasteiger partial charge in [0.1, 0.15) is 0 Å². The number of hydrogen-bond donors (Lipinski definition) is 2. The van der Waals surface area contributed by atoms with Gasteiger partial charge in [0.2, 0.25) is 6.41 Å². The second-order valence-electron chi connectivity index (χ2n) is 2.99. The fraction of sp³-hybridized carbons (Fsp3) is 0.889. The summed E-state index contributed by atoms with van der Waals surface area (Å²) in [5, 5.41) is 5.91. The number of hydrogen-bond acceptors (Lipinski definition) is 2. The third-order valence-corrected chi connectivity index (χ3v) is 2.03. The Morgan fingerprint density at radius 3 is 2.67 bits per heavy atom. The van der Waals surface area contributed by atoms with Crippen molar-refractivity contribution in [2.24, 2.45) is 0 Å². The maximum Gasteiger partial charge on any atom is 0.207 e. The van der Waals surface area contributed by atoms with Crippen LogP contribution in [-0.4, -0.2) is 26.0 Å². The molecular weight excluding hydrogens is 152 g/mol. The molecule has 3 heteroatoms. The Morgan fingerprint density at radius 1 is 1.42 bits per heavy atom. The summed E-state index contributed by atoms with van der Waals surface area (Å²) in [6.45, 7) is 2.97. The van der Waals surface area contributed by atoms with Crippen molar-refractivity contribution in [2.75, 3.05) is 13.6 Å². The lowest BCUT2D eigenvalue weighted by Gasteiger charge is -2.14. The Bertz CT molecular complexity index is 107. The van der Waals surface area contributed by atoms with E-state index in [-0.39, 0.29) is 0 Å². The van der Waals surface area contributed by atoms with Gasteiger partial charge in [0.25, 0.3) is 0 Å². The van der Waals surface area contributed by atoms with Crippen LogP contribution in [0, 0.1) is 0 Å². The van der Waals surface area contributed by atoms with E-state index >= 15 is 0 Å². The fourth-order valence-electron chi connectivity index (χ4n) is 1.20. The van der Waals surface area contributed by atoms with Crippen LogP contribution in [-0.2, 0) is 4.79 Å². The van der Waals surface area contributed by atoms with E-state index < -0.39 is 0 Å². The van der Waals surface area contributed by atoms with Gasteiger partial charge >= 0.3 is 0 Å². The van der Waals surface area contributed by atoms with Crippen molar-refractivity contribution in [2.45, 2.75) is 38.6 Å². The van der Waals surface area contributed by atoms with Crippen molar-refractivity contribution >= 4 is 6.41 Å². The average molecular weight is 172 g/mol. The van der Waals surface area contributed by atoms with E-state index in [2.05, 4.69) is 17.6 Å². The monoisotopic (exact) mass is 172 g/mol. The molecule has 0 bridgehead atoms.